The minimum absolute atomic E-state index is 0.00146. The summed E-state index contributed by atoms with van der Waals surface area (Å²) >= 11 is 0. The van der Waals surface area contributed by atoms with Crippen molar-refractivity contribution in [3.05, 3.63) is 164 Å². The number of benzene rings is 6. The largest absolute Gasteiger partial charge is 0.508 e. The molecular weight excluding hydrogens is 732 g/mol. The monoisotopic (exact) mass is 760 g/mol. The number of rotatable bonds is 4. The summed E-state index contributed by atoms with van der Waals surface area (Å²) in [4.78, 5) is 37.6. The number of phenols is 6. The van der Waals surface area contributed by atoms with Crippen LogP contribution < -0.4 is 16.3 Å². The minimum Gasteiger partial charge on any atom is -0.508 e. The van der Waals surface area contributed by atoms with Gasteiger partial charge in [-0.05, 0) is 54.6 Å². The summed E-state index contributed by atoms with van der Waals surface area (Å²) in [5, 5.41) is 62.2. The summed E-state index contributed by atoms with van der Waals surface area (Å²) in [5.41, 5.74) is 0.457. The first-order valence-corrected chi connectivity index (χ1v) is 17.2. The van der Waals surface area contributed by atoms with Crippen molar-refractivity contribution in [2.45, 2.75) is 0 Å². The minimum atomic E-state index is -0.650. The van der Waals surface area contributed by atoms with Gasteiger partial charge in [0.15, 0.2) is 16.3 Å². The molecule has 9 rings (SSSR count). The van der Waals surface area contributed by atoms with Gasteiger partial charge in [-0.25, -0.2) is 0 Å². The number of hydrogen-bond donors (Lipinski definition) is 6. The van der Waals surface area contributed by atoms with Gasteiger partial charge >= 0.3 is 0 Å². The molecule has 0 saturated carbocycles. The average Bonchev–Trinajstić information content (AvgIpc) is 3.18. The Kier molecular flexibility index (Phi) is 8.90. The van der Waals surface area contributed by atoms with Gasteiger partial charge < -0.3 is 43.9 Å². The Bertz CT molecular complexity index is 3200. The van der Waals surface area contributed by atoms with Crippen LogP contribution in [-0.4, -0.2) is 30.6 Å². The summed E-state index contributed by atoms with van der Waals surface area (Å²) in [7, 11) is 0. The molecule has 0 atom stereocenters. The van der Waals surface area contributed by atoms with E-state index in [9.17, 15) is 45.0 Å². The smallest absolute Gasteiger partial charge is 0.197 e. The van der Waals surface area contributed by atoms with Crippen LogP contribution in [0.2, 0.25) is 0 Å². The lowest BCUT2D eigenvalue weighted by Gasteiger charge is -2.13. The number of aromatic hydroxyl groups is 6. The highest BCUT2D eigenvalue weighted by atomic mass is 16.3. The first-order valence-electron chi connectivity index (χ1n) is 17.2. The highest BCUT2D eigenvalue weighted by molar-refractivity contribution is 5.97. The van der Waals surface area contributed by atoms with Crippen molar-refractivity contribution in [2.75, 3.05) is 0 Å². The molecule has 12 heteroatoms. The maximum absolute atomic E-state index is 13.0. The maximum atomic E-state index is 13.0. The Morgan fingerprint density at radius 1 is 0.386 bits per heavy atom. The van der Waals surface area contributed by atoms with Gasteiger partial charge in [-0.3, -0.25) is 14.4 Å². The van der Waals surface area contributed by atoms with E-state index in [0.29, 0.717) is 22.3 Å². The molecule has 0 radical (unpaired) electrons. The van der Waals surface area contributed by atoms with Gasteiger partial charge in [-0.15, -0.1) is 0 Å². The van der Waals surface area contributed by atoms with Gasteiger partial charge in [0.05, 0.1) is 10.9 Å². The molecule has 0 spiro atoms. The van der Waals surface area contributed by atoms with Crippen LogP contribution in [-0.2, 0) is 0 Å². The zero-order valence-electron chi connectivity index (χ0n) is 29.3. The first kappa shape index (κ1) is 35.8. The molecule has 0 fully saturated rings. The van der Waals surface area contributed by atoms with Crippen molar-refractivity contribution >= 4 is 32.9 Å². The van der Waals surface area contributed by atoms with Crippen LogP contribution in [0.4, 0.5) is 0 Å². The fourth-order valence-electron chi connectivity index (χ4n) is 6.46. The summed E-state index contributed by atoms with van der Waals surface area (Å²) in [6, 6.07) is 33.9. The third kappa shape index (κ3) is 6.74. The molecule has 280 valence electrons. The Morgan fingerprint density at radius 2 is 0.947 bits per heavy atom. The summed E-state index contributed by atoms with van der Waals surface area (Å²) in [6.45, 7) is 0. The Morgan fingerprint density at radius 3 is 1.67 bits per heavy atom. The molecule has 0 amide bonds. The van der Waals surface area contributed by atoms with Crippen LogP contribution in [0.15, 0.2) is 161 Å². The predicted molar refractivity (Wildman–Crippen MR) is 213 cm³/mol. The van der Waals surface area contributed by atoms with E-state index in [-0.39, 0.29) is 72.8 Å². The highest BCUT2D eigenvalue weighted by Gasteiger charge is 2.23. The molecule has 3 heterocycles. The molecule has 0 unspecified atom stereocenters. The summed E-state index contributed by atoms with van der Waals surface area (Å²) in [6.07, 6.45) is 0. The molecule has 3 aromatic heterocycles. The third-order valence-electron chi connectivity index (χ3n) is 9.16. The number of fused-ring (bicyclic) bond motifs is 3. The first-order chi connectivity index (χ1) is 27.4. The lowest BCUT2D eigenvalue weighted by atomic mass is 9.97. The fourth-order valence-corrected chi connectivity index (χ4v) is 6.46. The second kappa shape index (κ2) is 14.2. The molecular formula is C45H28O12. The van der Waals surface area contributed by atoms with Gasteiger partial charge in [0.25, 0.3) is 0 Å². The molecule has 0 bridgehead atoms. The topological polar surface area (TPSA) is 212 Å². The number of hydrogen-bond acceptors (Lipinski definition) is 12. The lowest BCUT2D eigenvalue weighted by molar-refractivity contribution is 0.450. The summed E-state index contributed by atoms with van der Waals surface area (Å²) in [5.74, 6) is -1.55. The van der Waals surface area contributed by atoms with Gasteiger partial charge in [0, 0.05) is 58.7 Å². The molecule has 0 aliphatic heterocycles. The molecule has 12 nitrogen and oxygen atoms in total. The van der Waals surface area contributed by atoms with Crippen molar-refractivity contribution in [2.24, 2.45) is 0 Å². The molecule has 0 aliphatic carbocycles. The van der Waals surface area contributed by atoms with Crippen LogP contribution in [0, 0.1) is 0 Å². The van der Waals surface area contributed by atoms with E-state index in [4.69, 9.17) is 13.3 Å². The summed E-state index contributed by atoms with van der Waals surface area (Å²) < 4.78 is 17.2. The Labute approximate surface area is 319 Å². The standard InChI is InChI=1S/C30H18O10.C15H10O2/c31-15-4-1-13(2-5-15)23-11-22(37)29-26(39-23)12-20(35)27(30(29)38)17-7-14(3-6-18(17)33)24-10-21(36)28-19(34)8-16(32)9-25(28)40-24;16-13-10-15(11-6-2-1-3-7-11)17-14-9-5-4-8-12(13)14/h1-12,31-35,38H;1-10H. The lowest BCUT2D eigenvalue weighted by Crippen LogP contribution is -2.02. The molecule has 0 saturated heterocycles. The van der Waals surface area contributed by atoms with Crippen molar-refractivity contribution in [1.82, 2.24) is 0 Å². The second-order valence-corrected chi connectivity index (χ2v) is 12.9. The van der Waals surface area contributed by atoms with Crippen molar-refractivity contribution < 1.29 is 43.9 Å². The van der Waals surface area contributed by atoms with E-state index in [0.717, 1.165) is 35.9 Å². The number of phenolic OH excluding ortho intramolecular Hbond substituents is 6. The van der Waals surface area contributed by atoms with Crippen molar-refractivity contribution in [3.63, 3.8) is 0 Å². The van der Waals surface area contributed by atoms with Crippen LogP contribution >= 0.6 is 0 Å². The van der Waals surface area contributed by atoms with E-state index in [1.165, 1.54) is 48.5 Å². The SMILES string of the molecule is O=c1cc(-c2ccc(O)c(-c3c(O)cc4oc(-c5ccc(O)cc5)cc(=O)c4c3O)c2)oc2cc(O)cc(O)c12.O=c1cc(-c2ccccc2)oc2ccccc12. The zero-order chi connectivity index (χ0) is 40.0. The molecule has 6 aromatic carbocycles. The molecule has 9 aromatic rings. The van der Waals surface area contributed by atoms with Crippen LogP contribution in [0.3, 0.4) is 0 Å². The second-order valence-electron chi connectivity index (χ2n) is 12.9. The van der Waals surface area contributed by atoms with Crippen LogP contribution in [0.1, 0.15) is 0 Å². The normalized spacial score (nSPS) is 11.1. The van der Waals surface area contributed by atoms with E-state index >= 15 is 0 Å². The fraction of sp³-hybridized carbons (Fsp3) is 0. The van der Waals surface area contributed by atoms with Crippen molar-refractivity contribution in [1.29, 1.82) is 0 Å². The van der Waals surface area contributed by atoms with Gasteiger partial charge in [0.1, 0.15) is 79.3 Å². The average molecular weight is 761 g/mol. The maximum Gasteiger partial charge on any atom is 0.197 e. The van der Waals surface area contributed by atoms with Gasteiger partial charge in [0.2, 0.25) is 0 Å². The van der Waals surface area contributed by atoms with E-state index < -0.39 is 28.1 Å². The third-order valence-corrected chi connectivity index (χ3v) is 9.16. The van der Waals surface area contributed by atoms with E-state index in [1.807, 2.05) is 48.5 Å². The van der Waals surface area contributed by atoms with Crippen LogP contribution in [0.25, 0.3) is 78.0 Å². The highest BCUT2D eigenvalue weighted by Crippen LogP contribution is 2.46. The Balaban J connectivity index is 0.000000222. The molecule has 6 N–H and O–H groups in total. The van der Waals surface area contributed by atoms with Crippen molar-refractivity contribution in [3.8, 4) is 79.6 Å². The molecule has 0 aliphatic rings. The van der Waals surface area contributed by atoms with E-state index in [1.54, 1.807) is 6.07 Å². The molecule has 57 heavy (non-hydrogen) atoms. The Hall–Kier alpha value is -8.25. The zero-order valence-corrected chi connectivity index (χ0v) is 29.3. The number of para-hydroxylation sites is 1. The quantitative estimate of drug-likeness (QED) is 0.0996. The van der Waals surface area contributed by atoms with Gasteiger partial charge in [-0.1, -0.05) is 42.5 Å². The predicted octanol–water partition coefficient (Wildman–Crippen LogP) is 8.59. The van der Waals surface area contributed by atoms with Crippen LogP contribution in [0.5, 0.6) is 34.5 Å². The van der Waals surface area contributed by atoms with Gasteiger partial charge in [-0.2, -0.15) is 0 Å². The van der Waals surface area contributed by atoms with E-state index in [2.05, 4.69) is 0 Å².